The number of fused-ring (bicyclic) bond motifs is 13. The number of hydrogen-bond acceptors (Lipinski definition) is 4. The van der Waals surface area contributed by atoms with Crippen LogP contribution in [0.1, 0.15) is 178 Å². The minimum atomic E-state index is -0.0383. The molecule has 3 aromatic heterocycles. The molecular weight excluding hydrogens is 945 g/mol. The van der Waals surface area contributed by atoms with Crippen LogP contribution in [0.15, 0.2) is 158 Å². The minimum Gasteiger partial charge on any atom is -0.254 e. The maximum absolute atomic E-state index is 5.95. The van der Waals surface area contributed by atoms with Crippen molar-refractivity contribution in [3.05, 3.63) is 180 Å². The molecule has 2 aliphatic rings. The van der Waals surface area contributed by atoms with Crippen LogP contribution < -0.4 is 0 Å². The lowest BCUT2D eigenvalue weighted by Crippen LogP contribution is -2.25. The van der Waals surface area contributed by atoms with Crippen LogP contribution in [0.2, 0.25) is 0 Å². The third kappa shape index (κ3) is 9.21. The lowest BCUT2D eigenvalue weighted by molar-refractivity contribution is 0.401. The summed E-state index contributed by atoms with van der Waals surface area (Å²) in [5, 5.41) is 1.94. The second-order valence-corrected chi connectivity index (χ2v) is 23.2. The van der Waals surface area contributed by atoms with E-state index in [1.165, 1.54) is 184 Å². The highest BCUT2D eigenvalue weighted by molar-refractivity contribution is 6.22. The Hall–Kier alpha value is -7.04. The van der Waals surface area contributed by atoms with E-state index in [9.17, 15) is 0 Å². The predicted octanol–water partition coefficient (Wildman–Crippen LogP) is 21.3. The Balaban J connectivity index is 1.09. The first-order chi connectivity index (χ1) is 38.5. The van der Waals surface area contributed by atoms with Gasteiger partial charge in [-0.05, 0) is 118 Å². The summed E-state index contributed by atoms with van der Waals surface area (Å²) in [5.41, 5.74) is 23.5. The first kappa shape index (κ1) is 51.7. The maximum atomic E-state index is 5.95. The zero-order valence-electron chi connectivity index (χ0n) is 46.9. The van der Waals surface area contributed by atoms with E-state index in [4.69, 9.17) is 19.9 Å². The smallest absolute Gasteiger partial charge is 0.0996 e. The predicted molar refractivity (Wildman–Crippen MR) is 331 cm³/mol. The Morgan fingerprint density at radius 1 is 0.295 bits per heavy atom. The number of aromatic nitrogens is 4. The highest BCUT2D eigenvalue weighted by Gasteiger charge is 2.44. The normalized spacial score (nSPS) is 13.8. The lowest BCUT2D eigenvalue weighted by Gasteiger charge is -2.33. The van der Waals surface area contributed by atoms with E-state index in [0.717, 1.165) is 66.3 Å². The summed E-state index contributed by atoms with van der Waals surface area (Å²) in [6, 6.07) is 57.4. The molecule has 0 aliphatic heterocycles. The number of hydrogen-bond donors (Lipinski definition) is 0. The molecule has 12 rings (SSSR count). The first-order valence-electron chi connectivity index (χ1n) is 30.4. The molecule has 4 heteroatoms. The molecule has 0 saturated heterocycles. The number of nitrogens with zero attached hydrogens (tertiary/aromatic N) is 4. The summed E-state index contributed by atoms with van der Waals surface area (Å²) in [4.78, 5) is 22.3. The number of benzene rings is 7. The summed E-state index contributed by atoms with van der Waals surface area (Å²) in [7, 11) is 0. The third-order valence-electron chi connectivity index (χ3n) is 18.3. The Morgan fingerprint density at radius 2 is 0.718 bits per heavy atom. The van der Waals surface area contributed by atoms with E-state index >= 15 is 0 Å². The lowest BCUT2D eigenvalue weighted by atomic mass is 9.70. The van der Waals surface area contributed by atoms with Crippen molar-refractivity contribution in [2.75, 3.05) is 0 Å². The molecule has 0 unspecified atom stereocenters. The van der Waals surface area contributed by atoms with Crippen LogP contribution in [0.5, 0.6) is 0 Å². The van der Waals surface area contributed by atoms with E-state index in [1.54, 1.807) is 0 Å². The average molecular weight is 1020 g/mol. The molecule has 0 bridgehead atoms. The van der Waals surface area contributed by atoms with Crippen molar-refractivity contribution in [2.24, 2.45) is 0 Å². The van der Waals surface area contributed by atoms with Gasteiger partial charge in [0.05, 0.1) is 38.8 Å². The van der Waals surface area contributed by atoms with E-state index in [0.29, 0.717) is 0 Å². The molecule has 4 nitrogen and oxygen atoms in total. The van der Waals surface area contributed by atoms with Crippen molar-refractivity contribution < 1.29 is 0 Å². The minimum absolute atomic E-state index is 0.0362. The Kier molecular flexibility index (Phi) is 15.1. The highest BCUT2D eigenvalue weighted by atomic mass is 14.8. The molecule has 78 heavy (non-hydrogen) atoms. The van der Waals surface area contributed by atoms with Crippen molar-refractivity contribution >= 4 is 43.9 Å². The molecule has 7 aromatic carbocycles. The molecule has 0 spiro atoms. The van der Waals surface area contributed by atoms with Gasteiger partial charge in [0.15, 0.2) is 0 Å². The number of unbranched alkanes of at least 4 members (excludes halogenated alkanes) is 12. The zero-order valence-corrected chi connectivity index (χ0v) is 46.9. The molecule has 0 amide bonds. The van der Waals surface area contributed by atoms with Gasteiger partial charge in [-0.3, -0.25) is 4.98 Å². The molecule has 394 valence electrons. The van der Waals surface area contributed by atoms with E-state index in [-0.39, 0.29) is 10.8 Å². The van der Waals surface area contributed by atoms with Crippen LogP contribution in [0.4, 0.5) is 0 Å². The Labute approximate surface area is 464 Å². The number of rotatable bonds is 23. The van der Waals surface area contributed by atoms with Crippen LogP contribution in [-0.2, 0) is 10.8 Å². The number of pyridine rings is 2. The molecular formula is C74H78N4. The SMILES string of the molecule is CCCCCCC1(CCCCCC)c2ccccc2-c2ccc(-c3ccc(-c4ccc5c(c4)C(CCCCCC)(CCCCCC)c4ccccc4-5)c4nc5c6ccc(-c7ccccc7)nc6c6ncccc6c5nc34)cc21. The summed E-state index contributed by atoms with van der Waals surface area (Å²) in [6.45, 7) is 9.32. The monoisotopic (exact) mass is 1020 g/mol. The van der Waals surface area contributed by atoms with Crippen molar-refractivity contribution in [2.45, 2.75) is 167 Å². The van der Waals surface area contributed by atoms with Gasteiger partial charge >= 0.3 is 0 Å². The van der Waals surface area contributed by atoms with Gasteiger partial charge in [-0.15, -0.1) is 0 Å². The molecule has 0 atom stereocenters. The van der Waals surface area contributed by atoms with Crippen LogP contribution in [-0.4, -0.2) is 19.9 Å². The van der Waals surface area contributed by atoms with E-state index in [1.807, 2.05) is 12.3 Å². The van der Waals surface area contributed by atoms with Gasteiger partial charge in [-0.1, -0.05) is 246 Å². The topological polar surface area (TPSA) is 51.6 Å². The van der Waals surface area contributed by atoms with Crippen molar-refractivity contribution in [3.8, 4) is 55.8 Å². The molecule has 0 radical (unpaired) electrons. The van der Waals surface area contributed by atoms with E-state index < -0.39 is 0 Å². The van der Waals surface area contributed by atoms with Gasteiger partial charge in [0.2, 0.25) is 0 Å². The van der Waals surface area contributed by atoms with Gasteiger partial charge in [0.1, 0.15) is 0 Å². The van der Waals surface area contributed by atoms with Crippen molar-refractivity contribution in [1.82, 2.24) is 19.9 Å². The van der Waals surface area contributed by atoms with E-state index in [2.05, 4.69) is 173 Å². The summed E-state index contributed by atoms with van der Waals surface area (Å²) < 4.78 is 0. The van der Waals surface area contributed by atoms with Gasteiger partial charge < -0.3 is 0 Å². The summed E-state index contributed by atoms with van der Waals surface area (Å²) in [6.07, 6.45) is 26.7. The molecule has 0 fully saturated rings. The largest absolute Gasteiger partial charge is 0.254 e. The van der Waals surface area contributed by atoms with Crippen molar-refractivity contribution in [3.63, 3.8) is 0 Å². The fraction of sp³-hybridized carbons (Fsp3) is 0.351. The van der Waals surface area contributed by atoms with Gasteiger partial charge in [0, 0.05) is 44.5 Å². The van der Waals surface area contributed by atoms with Gasteiger partial charge in [0.25, 0.3) is 0 Å². The quantitative estimate of drug-likeness (QED) is 0.0364. The fourth-order valence-electron chi connectivity index (χ4n) is 14.3. The summed E-state index contributed by atoms with van der Waals surface area (Å²) >= 11 is 0. The Bertz CT molecular complexity index is 3750. The summed E-state index contributed by atoms with van der Waals surface area (Å²) in [5.74, 6) is 0. The average Bonchev–Trinajstić information content (AvgIpc) is 4.09. The van der Waals surface area contributed by atoms with Gasteiger partial charge in [-0.25, -0.2) is 15.0 Å². The molecule has 0 saturated carbocycles. The second-order valence-electron chi connectivity index (χ2n) is 23.2. The van der Waals surface area contributed by atoms with Crippen LogP contribution in [0.3, 0.4) is 0 Å². The third-order valence-corrected chi connectivity index (χ3v) is 18.3. The zero-order chi connectivity index (χ0) is 53.1. The Morgan fingerprint density at radius 3 is 1.21 bits per heavy atom. The molecule has 3 heterocycles. The molecule has 2 aliphatic carbocycles. The first-order valence-corrected chi connectivity index (χ1v) is 30.4. The fourth-order valence-corrected chi connectivity index (χ4v) is 14.3. The maximum Gasteiger partial charge on any atom is 0.0996 e. The molecule has 0 N–H and O–H groups in total. The van der Waals surface area contributed by atoms with Crippen molar-refractivity contribution in [1.29, 1.82) is 0 Å². The highest BCUT2D eigenvalue weighted by Crippen LogP contribution is 2.57. The van der Waals surface area contributed by atoms with Crippen LogP contribution in [0.25, 0.3) is 99.6 Å². The van der Waals surface area contributed by atoms with Crippen LogP contribution >= 0.6 is 0 Å². The standard InChI is InChI=1S/C74H78N4/c1-5-9-13-24-44-73(45-25-14-10-6-2)62-34-22-20-31-56(62)58-38-36-52(49-64(58)73)54-40-41-55(53-37-39-59-57-32-21-23-35-63(57)74(65(59)50-53,46-26-15-11-7-3)47-27-16-12-8-4)69-68(54)77-71-60-33-28-48-75-67(60)70-61(72(71)78-69)42-43-66(76-70)51-29-18-17-19-30-51/h17-23,28-43,48-50H,5-16,24-27,44-47H2,1-4H3. The van der Waals surface area contributed by atoms with Crippen LogP contribution in [0, 0.1) is 0 Å². The molecule has 10 aromatic rings. The second kappa shape index (κ2) is 22.7. The van der Waals surface area contributed by atoms with Gasteiger partial charge in [-0.2, -0.15) is 0 Å².